The van der Waals surface area contributed by atoms with Crippen molar-refractivity contribution < 1.29 is 9.18 Å². The highest BCUT2D eigenvalue weighted by molar-refractivity contribution is 6.01. The third kappa shape index (κ3) is 2.25. The molecule has 0 bridgehead atoms. The van der Waals surface area contributed by atoms with Crippen molar-refractivity contribution in [2.75, 3.05) is 5.73 Å². The number of rotatable bonds is 4. The molecule has 1 aromatic heterocycles. The number of ketones is 1. The lowest BCUT2D eigenvalue weighted by Crippen LogP contribution is -2.12. The first-order valence-electron chi connectivity index (χ1n) is 5.70. The molecule has 0 unspecified atom stereocenters. The van der Waals surface area contributed by atoms with Gasteiger partial charge in [0, 0.05) is 24.5 Å². The zero-order valence-corrected chi connectivity index (χ0v) is 10.1. The number of Topliss-reactive ketones (excluding diaryl/α,β-unsaturated/α-hetero) is 1. The van der Waals surface area contributed by atoms with E-state index in [-0.39, 0.29) is 23.5 Å². The minimum atomic E-state index is -0.570. The van der Waals surface area contributed by atoms with Gasteiger partial charge in [0.25, 0.3) is 0 Å². The van der Waals surface area contributed by atoms with Crippen molar-refractivity contribution in [3.63, 3.8) is 0 Å². The third-order valence-electron chi connectivity index (χ3n) is 2.81. The van der Waals surface area contributed by atoms with E-state index in [0.717, 1.165) is 6.54 Å². The molecule has 94 valence electrons. The van der Waals surface area contributed by atoms with Crippen LogP contribution in [0.4, 0.5) is 10.1 Å². The first-order chi connectivity index (χ1) is 8.63. The van der Waals surface area contributed by atoms with Gasteiger partial charge < -0.3 is 10.3 Å². The van der Waals surface area contributed by atoms with Crippen LogP contribution in [-0.2, 0) is 13.0 Å². The van der Waals surface area contributed by atoms with Crippen molar-refractivity contribution in [2.24, 2.45) is 0 Å². The second kappa shape index (κ2) is 5.00. The number of hydrogen-bond donors (Lipinski definition) is 1. The lowest BCUT2D eigenvalue weighted by atomic mass is 10.1. The van der Waals surface area contributed by atoms with Crippen LogP contribution in [0.2, 0.25) is 0 Å². The topological polar surface area (TPSA) is 60.9 Å². The Kier molecular flexibility index (Phi) is 3.41. The Bertz CT molecular complexity index is 577. The first kappa shape index (κ1) is 12.3. The number of nitrogens with zero attached hydrogens (tertiary/aromatic N) is 2. The number of aryl methyl sites for hydroxylation is 1. The minimum Gasteiger partial charge on any atom is -0.396 e. The summed E-state index contributed by atoms with van der Waals surface area (Å²) in [6, 6.07) is 4.24. The van der Waals surface area contributed by atoms with Gasteiger partial charge in [-0.15, -0.1) is 0 Å². The summed E-state index contributed by atoms with van der Waals surface area (Å²) in [4.78, 5) is 16.2. The number of halogens is 1. The molecule has 5 heteroatoms. The van der Waals surface area contributed by atoms with Crippen LogP contribution in [0.15, 0.2) is 30.6 Å². The van der Waals surface area contributed by atoms with Crippen molar-refractivity contribution in [1.82, 2.24) is 9.55 Å². The van der Waals surface area contributed by atoms with Gasteiger partial charge in [-0.1, -0.05) is 6.07 Å². The number of imidazole rings is 1. The lowest BCUT2D eigenvalue weighted by Gasteiger charge is -2.06. The van der Waals surface area contributed by atoms with Crippen LogP contribution in [0, 0.1) is 5.82 Å². The molecule has 0 amide bonds. The third-order valence-corrected chi connectivity index (χ3v) is 2.81. The van der Waals surface area contributed by atoms with Crippen molar-refractivity contribution in [2.45, 2.75) is 19.9 Å². The largest absolute Gasteiger partial charge is 0.396 e. The zero-order valence-electron chi connectivity index (χ0n) is 10.1. The van der Waals surface area contributed by atoms with E-state index in [4.69, 9.17) is 5.73 Å². The fourth-order valence-electron chi connectivity index (χ4n) is 1.81. The van der Waals surface area contributed by atoms with Gasteiger partial charge in [-0.3, -0.25) is 4.79 Å². The summed E-state index contributed by atoms with van der Waals surface area (Å²) in [5.41, 5.74) is 5.67. The molecule has 0 aliphatic heterocycles. The smallest absolute Gasteiger partial charge is 0.172 e. The Morgan fingerprint density at radius 2 is 2.28 bits per heavy atom. The van der Waals surface area contributed by atoms with Gasteiger partial charge in [-0.05, 0) is 19.1 Å². The summed E-state index contributed by atoms with van der Waals surface area (Å²) in [5, 5.41) is 0. The van der Waals surface area contributed by atoms with Crippen LogP contribution in [0.5, 0.6) is 0 Å². The summed E-state index contributed by atoms with van der Waals surface area (Å²) < 4.78 is 15.1. The van der Waals surface area contributed by atoms with E-state index in [0.29, 0.717) is 5.82 Å². The molecule has 0 radical (unpaired) electrons. The Labute approximate surface area is 104 Å². The van der Waals surface area contributed by atoms with Crippen LogP contribution in [0.25, 0.3) is 0 Å². The van der Waals surface area contributed by atoms with Crippen molar-refractivity contribution in [3.05, 3.63) is 47.8 Å². The summed E-state index contributed by atoms with van der Waals surface area (Å²) in [5.74, 6) is -0.140. The number of nitrogen functional groups attached to an aromatic ring is 1. The van der Waals surface area contributed by atoms with E-state index in [2.05, 4.69) is 4.98 Å². The molecule has 0 saturated heterocycles. The van der Waals surface area contributed by atoms with E-state index < -0.39 is 5.82 Å². The second-order valence-electron chi connectivity index (χ2n) is 3.93. The highest BCUT2D eigenvalue weighted by Crippen LogP contribution is 2.17. The van der Waals surface area contributed by atoms with Gasteiger partial charge in [0.05, 0.1) is 12.1 Å². The number of anilines is 1. The molecule has 4 nitrogen and oxygen atoms in total. The van der Waals surface area contributed by atoms with E-state index in [1.165, 1.54) is 18.2 Å². The number of aromatic nitrogens is 2. The monoisotopic (exact) mass is 247 g/mol. The van der Waals surface area contributed by atoms with Crippen molar-refractivity contribution in [3.8, 4) is 0 Å². The maximum atomic E-state index is 13.3. The first-order valence-corrected chi connectivity index (χ1v) is 5.70. The molecule has 0 fully saturated rings. The Balaban J connectivity index is 2.25. The van der Waals surface area contributed by atoms with E-state index in [1.807, 2.05) is 11.5 Å². The molecular formula is C13H14FN3O. The number of para-hydroxylation sites is 1. The number of hydrogen-bond acceptors (Lipinski definition) is 3. The second-order valence-corrected chi connectivity index (χ2v) is 3.93. The number of carbonyl (C=O) groups excluding carboxylic acids is 1. The maximum absolute atomic E-state index is 13.3. The average molecular weight is 247 g/mol. The van der Waals surface area contributed by atoms with Gasteiger partial charge in [0.2, 0.25) is 0 Å². The summed E-state index contributed by atoms with van der Waals surface area (Å²) in [6.07, 6.45) is 3.56. The van der Waals surface area contributed by atoms with Crippen LogP contribution in [0.1, 0.15) is 23.1 Å². The standard InChI is InChI=1S/C13H14FN3O/c1-2-17-7-6-16-12(17)8-11(18)9-4-3-5-10(14)13(9)15/h3-7H,2,8,15H2,1H3. The fourth-order valence-corrected chi connectivity index (χ4v) is 1.81. The van der Waals surface area contributed by atoms with Gasteiger partial charge in [0.15, 0.2) is 5.78 Å². The highest BCUT2D eigenvalue weighted by atomic mass is 19.1. The Hall–Kier alpha value is -2.17. The van der Waals surface area contributed by atoms with Gasteiger partial charge in [0.1, 0.15) is 11.6 Å². The Morgan fingerprint density at radius 3 is 3.00 bits per heavy atom. The molecule has 0 aliphatic rings. The Morgan fingerprint density at radius 1 is 1.50 bits per heavy atom. The molecule has 1 heterocycles. The minimum absolute atomic E-state index is 0.0999. The average Bonchev–Trinajstić information content (AvgIpc) is 2.79. The van der Waals surface area contributed by atoms with Gasteiger partial charge in [-0.2, -0.15) is 0 Å². The quantitative estimate of drug-likeness (QED) is 0.664. The SMILES string of the molecule is CCn1ccnc1CC(=O)c1cccc(F)c1N. The van der Waals surface area contributed by atoms with Crippen molar-refractivity contribution in [1.29, 1.82) is 0 Å². The predicted molar refractivity (Wildman–Crippen MR) is 66.7 cm³/mol. The molecule has 0 atom stereocenters. The zero-order chi connectivity index (χ0) is 13.1. The summed E-state index contributed by atoms with van der Waals surface area (Å²) in [7, 11) is 0. The summed E-state index contributed by atoms with van der Waals surface area (Å²) in [6.45, 7) is 2.70. The van der Waals surface area contributed by atoms with Crippen LogP contribution in [-0.4, -0.2) is 15.3 Å². The molecule has 2 aromatic rings. The van der Waals surface area contributed by atoms with Crippen LogP contribution >= 0.6 is 0 Å². The fraction of sp³-hybridized carbons (Fsp3) is 0.231. The maximum Gasteiger partial charge on any atom is 0.172 e. The molecule has 2 N–H and O–H groups in total. The van der Waals surface area contributed by atoms with E-state index >= 15 is 0 Å². The highest BCUT2D eigenvalue weighted by Gasteiger charge is 2.15. The van der Waals surface area contributed by atoms with E-state index in [9.17, 15) is 9.18 Å². The normalized spacial score (nSPS) is 10.6. The van der Waals surface area contributed by atoms with Crippen LogP contribution in [0.3, 0.4) is 0 Å². The predicted octanol–water partition coefficient (Wildman–Crippen LogP) is 2.05. The number of nitrogens with two attached hydrogens (primary N) is 1. The molecular weight excluding hydrogens is 233 g/mol. The van der Waals surface area contributed by atoms with Gasteiger partial charge >= 0.3 is 0 Å². The molecule has 18 heavy (non-hydrogen) atoms. The molecule has 0 saturated carbocycles. The van der Waals surface area contributed by atoms with Gasteiger partial charge in [-0.25, -0.2) is 9.37 Å². The summed E-state index contributed by atoms with van der Waals surface area (Å²) >= 11 is 0. The molecule has 2 rings (SSSR count). The van der Waals surface area contributed by atoms with Crippen molar-refractivity contribution >= 4 is 11.5 Å². The number of benzene rings is 1. The lowest BCUT2D eigenvalue weighted by molar-refractivity contribution is 0.0990. The molecule has 1 aromatic carbocycles. The van der Waals surface area contributed by atoms with Crippen LogP contribution < -0.4 is 5.73 Å². The number of carbonyl (C=O) groups is 1. The van der Waals surface area contributed by atoms with E-state index in [1.54, 1.807) is 12.4 Å². The molecule has 0 aliphatic carbocycles. The molecule has 0 spiro atoms.